The number of hydrogen-bond donors (Lipinski definition) is 3. The third-order valence-corrected chi connectivity index (χ3v) is 2.65. The van der Waals surface area contributed by atoms with Crippen LogP contribution in [0.5, 0.6) is 0 Å². The van der Waals surface area contributed by atoms with Crippen molar-refractivity contribution >= 4 is 17.5 Å². The van der Waals surface area contributed by atoms with E-state index in [9.17, 15) is 9.59 Å². The van der Waals surface area contributed by atoms with Crippen LogP contribution in [0.15, 0.2) is 6.20 Å². The van der Waals surface area contributed by atoms with Crippen LogP contribution in [0, 0.1) is 0 Å². The third kappa shape index (κ3) is 3.22. The summed E-state index contributed by atoms with van der Waals surface area (Å²) in [4.78, 5) is 23.1. The minimum atomic E-state index is -0.354. The summed E-state index contributed by atoms with van der Waals surface area (Å²) in [6.45, 7) is 0.285. The number of hydrogen-bond acceptors (Lipinski definition) is 4. The smallest absolute Gasteiger partial charge is 0.273 e. The highest BCUT2D eigenvalue weighted by atomic mass is 16.2. The van der Waals surface area contributed by atoms with Gasteiger partial charge in [0.05, 0.1) is 5.69 Å². The fourth-order valence-electron chi connectivity index (χ4n) is 1.58. The van der Waals surface area contributed by atoms with E-state index in [1.807, 2.05) is 0 Å². The SMILES string of the molecule is Cn1cc(N)c(C(=O)NCCC(=O)NC2CC2)n1. The number of nitrogens with two attached hydrogens (primary N) is 1. The number of rotatable bonds is 5. The second-order valence-corrected chi connectivity index (χ2v) is 4.45. The number of nitrogens with zero attached hydrogens (tertiary/aromatic N) is 2. The number of amides is 2. The maximum Gasteiger partial charge on any atom is 0.273 e. The van der Waals surface area contributed by atoms with Gasteiger partial charge in [-0.1, -0.05) is 0 Å². The molecule has 0 aliphatic heterocycles. The Morgan fingerprint density at radius 1 is 1.56 bits per heavy atom. The lowest BCUT2D eigenvalue weighted by atomic mass is 10.3. The number of nitrogens with one attached hydrogen (secondary N) is 2. The molecule has 1 heterocycles. The van der Waals surface area contributed by atoms with Crippen LogP contribution >= 0.6 is 0 Å². The number of nitrogen functional groups attached to an aromatic ring is 1. The molecule has 98 valence electrons. The Morgan fingerprint density at radius 3 is 2.83 bits per heavy atom. The summed E-state index contributed by atoms with van der Waals surface area (Å²) >= 11 is 0. The monoisotopic (exact) mass is 251 g/mol. The molecule has 0 radical (unpaired) electrons. The Labute approximate surface area is 105 Å². The molecule has 2 rings (SSSR count). The maximum atomic E-state index is 11.7. The first-order chi connectivity index (χ1) is 8.56. The van der Waals surface area contributed by atoms with Gasteiger partial charge in [0.1, 0.15) is 0 Å². The van der Waals surface area contributed by atoms with Gasteiger partial charge in [0.2, 0.25) is 5.91 Å². The van der Waals surface area contributed by atoms with Crippen molar-refractivity contribution in [2.45, 2.75) is 25.3 Å². The Hall–Kier alpha value is -2.05. The zero-order valence-corrected chi connectivity index (χ0v) is 10.3. The molecular formula is C11H17N5O2. The zero-order valence-electron chi connectivity index (χ0n) is 10.3. The van der Waals surface area contributed by atoms with Crippen molar-refractivity contribution in [2.24, 2.45) is 7.05 Å². The summed E-state index contributed by atoms with van der Waals surface area (Å²) in [7, 11) is 1.69. The van der Waals surface area contributed by atoms with E-state index in [1.54, 1.807) is 13.2 Å². The third-order valence-electron chi connectivity index (χ3n) is 2.65. The summed E-state index contributed by atoms with van der Waals surface area (Å²) in [5.74, 6) is -0.390. The molecule has 0 bridgehead atoms. The van der Waals surface area contributed by atoms with E-state index >= 15 is 0 Å². The van der Waals surface area contributed by atoms with E-state index in [0.717, 1.165) is 12.8 Å². The molecule has 1 fully saturated rings. The van der Waals surface area contributed by atoms with E-state index in [1.165, 1.54) is 4.68 Å². The summed E-state index contributed by atoms with van der Waals surface area (Å²) in [5.41, 5.74) is 6.15. The predicted octanol–water partition coefficient (Wildman–Crippen LogP) is -0.599. The Balaban J connectivity index is 1.74. The van der Waals surface area contributed by atoms with Gasteiger partial charge < -0.3 is 16.4 Å². The van der Waals surface area contributed by atoms with Gasteiger partial charge in [-0.05, 0) is 12.8 Å². The number of carbonyl (C=O) groups is 2. The highest BCUT2D eigenvalue weighted by Gasteiger charge is 2.23. The molecule has 1 aromatic heterocycles. The highest BCUT2D eigenvalue weighted by Crippen LogP contribution is 2.18. The van der Waals surface area contributed by atoms with Gasteiger partial charge in [-0.2, -0.15) is 5.10 Å². The van der Waals surface area contributed by atoms with Crippen molar-refractivity contribution in [1.82, 2.24) is 20.4 Å². The molecular weight excluding hydrogens is 234 g/mol. The summed E-state index contributed by atoms with van der Waals surface area (Å²) < 4.78 is 1.48. The van der Waals surface area contributed by atoms with Crippen molar-refractivity contribution < 1.29 is 9.59 Å². The van der Waals surface area contributed by atoms with E-state index in [-0.39, 0.29) is 30.5 Å². The molecule has 0 aromatic carbocycles. The quantitative estimate of drug-likeness (QED) is 0.650. The van der Waals surface area contributed by atoms with Crippen molar-refractivity contribution in [3.63, 3.8) is 0 Å². The van der Waals surface area contributed by atoms with Crippen LogP contribution in [0.4, 0.5) is 5.69 Å². The second kappa shape index (κ2) is 5.07. The standard InChI is InChI=1S/C11H17N5O2/c1-16-6-8(12)10(15-16)11(18)13-5-4-9(17)14-7-2-3-7/h6-7H,2-5,12H2,1H3,(H,13,18)(H,14,17). The van der Waals surface area contributed by atoms with E-state index in [2.05, 4.69) is 15.7 Å². The topological polar surface area (TPSA) is 102 Å². The summed E-state index contributed by atoms with van der Waals surface area (Å²) in [5, 5.41) is 9.42. The lowest BCUT2D eigenvalue weighted by molar-refractivity contribution is -0.121. The first-order valence-corrected chi connectivity index (χ1v) is 5.93. The van der Waals surface area contributed by atoms with Crippen molar-refractivity contribution in [3.8, 4) is 0 Å². The van der Waals surface area contributed by atoms with E-state index in [0.29, 0.717) is 11.7 Å². The van der Waals surface area contributed by atoms with Crippen LogP contribution in [0.1, 0.15) is 29.8 Å². The second-order valence-electron chi connectivity index (χ2n) is 4.45. The predicted molar refractivity (Wildman–Crippen MR) is 65.7 cm³/mol. The number of anilines is 1. The summed E-state index contributed by atoms with van der Waals surface area (Å²) in [6, 6.07) is 0.347. The number of aryl methyl sites for hydroxylation is 1. The highest BCUT2D eigenvalue weighted by molar-refractivity contribution is 5.97. The lowest BCUT2D eigenvalue weighted by Crippen LogP contribution is -2.32. The van der Waals surface area contributed by atoms with Crippen LogP contribution in [0.25, 0.3) is 0 Å². The molecule has 7 heteroatoms. The van der Waals surface area contributed by atoms with E-state index in [4.69, 9.17) is 5.73 Å². The molecule has 1 aliphatic carbocycles. The van der Waals surface area contributed by atoms with Gasteiger partial charge >= 0.3 is 0 Å². The average molecular weight is 251 g/mol. The summed E-state index contributed by atoms with van der Waals surface area (Å²) in [6.07, 6.45) is 3.95. The zero-order chi connectivity index (χ0) is 13.1. The number of aromatic nitrogens is 2. The van der Waals surface area contributed by atoms with Gasteiger partial charge in [0.25, 0.3) is 5.91 Å². The Bertz CT molecular complexity index is 464. The van der Waals surface area contributed by atoms with Crippen LogP contribution in [0.2, 0.25) is 0 Å². The molecule has 4 N–H and O–H groups in total. The number of carbonyl (C=O) groups excluding carboxylic acids is 2. The van der Waals surface area contributed by atoms with Gasteiger partial charge in [-0.15, -0.1) is 0 Å². The molecule has 0 spiro atoms. The fourth-order valence-corrected chi connectivity index (χ4v) is 1.58. The largest absolute Gasteiger partial charge is 0.396 e. The van der Waals surface area contributed by atoms with Crippen molar-refractivity contribution in [1.29, 1.82) is 0 Å². The van der Waals surface area contributed by atoms with Crippen LogP contribution in [-0.2, 0) is 11.8 Å². The average Bonchev–Trinajstić information content (AvgIpc) is 3.02. The minimum Gasteiger partial charge on any atom is -0.396 e. The molecule has 18 heavy (non-hydrogen) atoms. The molecule has 7 nitrogen and oxygen atoms in total. The minimum absolute atomic E-state index is 0.0354. The van der Waals surface area contributed by atoms with Gasteiger partial charge in [-0.25, -0.2) is 0 Å². The van der Waals surface area contributed by atoms with Crippen molar-refractivity contribution in [3.05, 3.63) is 11.9 Å². The normalized spacial score (nSPS) is 14.3. The lowest BCUT2D eigenvalue weighted by Gasteiger charge is -2.04. The first kappa shape index (κ1) is 12.4. The molecule has 0 unspecified atom stereocenters. The molecule has 1 aromatic rings. The van der Waals surface area contributed by atoms with Gasteiger partial charge in [0.15, 0.2) is 5.69 Å². The molecule has 0 atom stereocenters. The van der Waals surface area contributed by atoms with Crippen LogP contribution < -0.4 is 16.4 Å². The van der Waals surface area contributed by atoms with Gasteiger partial charge in [-0.3, -0.25) is 14.3 Å². The van der Waals surface area contributed by atoms with Crippen LogP contribution in [-0.4, -0.2) is 34.2 Å². The molecule has 2 amide bonds. The first-order valence-electron chi connectivity index (χ1n) is 5.93. The molecule has 0 saturated heterocycles. The maximum absolute atomic E-state index is 11.7. The van der Waals surface area contributed by atoms with Crippen LogP contribution in [0.3, 0.4) is 0 Å². The molecule has 1 aliphatic rings. The Kier molecular flexibility index (Phi) is 3.50. The van der Waals surface area contributed by atoms with Gasteiger partial charge in [0, 0.05) is 32.3 Å². The van der Waals surface area contributed by atoms with E-state index < -0.39 is 0 Å². The Morgan fingerprint density at radius 2 is 2.28 bits per heavy atom. The molecule has 1 saturated carbocycles. The van der Waals surface area contributed by atoms with Crippen molar-refractivity contribution in [2.75, 3.05) is 12.3 Å². The fraction of sp³-hybridized carbons (Fsp3) is 0.545.